The lowest BCUT2D eigenvalue weighted by Crippen LogP contribution is -2.62. The van der Waals surface area contributed by atoms with Gasteiger partial charge in [-0.15, -0.1) is 0 Å². The highest BCUT2D eigenvalue weighted by Crippen LogP contribution is 2.33. The Bertz CT molecular complexity index is 1230. The second kappa shape index (κ2) is 15.0. The van der Waals surface area contributed by atoms with Crippen molar-refractivity contribution in [1.29, 1.82) is 0 Å². The molecule has 12 atom stereocenters. The van der Waals surface area contributed by atoms with E-state index in [2.05, 4.69) is 5.32 Å². The third-order valence-corrected chi connectivity index (χ3v) is 8.32. The Morgan fingerprint density at radius 1 is 0.800 bits per heavy atom. The van der Waals surface area contributed by atoms with E-state index in [4.69, 9.17) is 28.4 Å². The molecule has 0 aliphatic carbocycles. The maximum absolute atomic E-state index is 10.8. The lowest BCUT2D eigenvalue weighted by molar-refractivity contribution is -0.336. The third kappa shape index (κ3) is 7.93. The van der Waals surface area contributed by atoms with E-state index < -0.39 is 80.7 Å². The fourth-order valence-corrected chi connectivity index (χ4v) is 5.55. The molecule has 0 radical (unpaired) electrons. The van der Waals surface area contributed by atoms with Gasteiger partial charge in [-0.1, -0.05) is 35.9 Å². The van der Waals surface area contributed by atoms with Crippen LogP contribution in [0.4, 0.5) is 0 Å². The number of aliphatic hydroxyl groups excluding tert-OH is 7. The second-order valence-electron chi connectivity index (χ2n) is 11.8. The fraction of sp³-hybridized carbons (Fsp3) is 0.613. The maximum Gasteiger partial charge on any atom is 0.231 e. The number of rotatable bonds is 12. The van der Waals surface area contributed by atoms with Crippen molar-refractivity contribution in [2.75, 3.05) is 26.6 Å². The molecule has 14 nitrogen and oxygen atoms in total. The Labute approximate surface area is 260 Å². The Hall–Kier alpha value is -2.44. The van der Waals surface area contributed by atoms with Crippen molar-refractivity contribution < 1.29 is 64.2 Å². The molecule has 3 aliphatic rings. The van der Waals surface area contributed by atoms with E-state index in [1.807, 2.05) is 56.3 Å². The molecule has 0 aromatic heterocycles. The SMILES string of the molecule is Cc1ccc([C@H](CNC(C)Cc2ccc3c(c2)OCO3)O[C@@H]2O[C@H](CO[C@@H]3O[C@H](CO)[C@@H](O)[C@H](O)[C@H]3O)[C@@H](O)[C@H](O)[C@H]2O)cc1. The summed E-state index contributed by atoms with van der Waals surface area (Å²) in [4.78, 5) is 0. The summed E-state index contributed by atoms with van der Waals surface area (Å²) in [7, 11) is 0. The van der Waals surface area contributed by atoms with Crippen molar-refractivity contribution in [1.82, 2.24) is 5.32 Å². The molecule has 14 heteroatoms. The number of aliphatic hydroxyl groups is 7. The maximum atomic E-state index is 10.8. The van der Waals surface area contributed by atoms with E-state index in [0.717, 1.165) is 16.7 Å². The van der Waals surface area contributed by atoms with Gasteiger partial charge < -0.3 is 69.5 Å². The van der Waals surface area contributed by atoms with E-state index in [1.54, 1.807) is 0 Å². The largest absolute Gasteiger partial charge is 0.454 e. The monoisotopic (exact) mass is 637 g/mol. The van der Waals surface area contributed by atoms with Gasteiger partial charge in [-0.25, -0.2) is 0 Å². The lowest BCUT2D eigenvalue weighted by Gasteiger charge is -2.43. The molecule has 0 bridgehead atoms. The zero-order valence-electron chi connectivity index (χ0n) is 25.1. The first-order valence-electron chi connectivity index (χ1n) is 15.0. The Morgan fingerprint density at radius 3 is 2.16 bits per heavy atom. The van der Waals surface area contributed by atoms with Gasteiger partial charge in [0.2, 0.25) is 6.79 Å². The highest BCUT2D eigenvalue weighted by atomic mass is 16.7. The van der Waals surface area contributed by atoms with Gasteiger partial charge in [0.1, 0.15) is 48.8 Å². The van der Waals surface area contributed by atoms with Gasteiger partial charge in [-0.05, 0) is 43.5 Å². The van der Waals surface area contributed by atoms with Gasteiger partial charge >= 0.3 is 0 Å². The summed E-state index contributed by atoms with van der Waals surface area (Å²) in [6, 6.07) is 13.4. The highest BCUT2D eigenvalue weighted by molar-refractivity contribution is 5.44. The molecular weight excluding hydrogens is 594 g/mol. The molecular formula is C31H43NO13. The molecule has 0 saturated carbocycles. The Morgan fingerprint density at radius 2 is 1.44 bits per heavy atom. The minimum Gasteiger partial charge on any atom is -0.454 e. The van der Waals surface area contributed by atoms with E-state index in [0.29, 0.717) is 24.5 Å². The van der Waals surface area contributed by atoms with Crippen molar-refractivity contribution in [3.8, 4) is 11.5 Å². The van der Waals surface area contributed by atoms with Crippen LogP contribution in [-0.2, 0) is 25.4 Å². The smallest absolute Gasteiger partial charge is 0.231 e. The van der Waals surface area contributed by atoms with Crippen LogP contribution in [0.3, 0.4) is 0 Å². The topological polar surface area (TPSA) is 209 Å². The fourth-order valence-electron chi connectivity index (χ4n) is 5.55. The number of hydrogen-bond acceptors (Lipinski definition) is 14. The Kier molecular flexibility index (Phi) is 11.3. The van der Waals surface area contributed by atoms with Crippen LogP contribution in [0, 0.1) is 6.92 Å². The molecule has 45 heavy (non-hydrogen) atoms. The van der Waals surface area contributed by atoms with Gasteiger partial charge in [-0.2, -0.15) is 0 Å². The van der Waals surface area contributed by atoms with Crippen molar-refractivity contribution in [2.45, 2.75) is 93.8 Å². The van der Waals surface area contributed by atoms with E-state index >= 15 is 0 Å². The van der Waals surface area contributed by atoms with Crippen molar-refractivity contribution in [2.24, 2.45) is 0 Å². The standard InChI is InChI=1S/C31H43NO13/c1-15-3-6-18(7-4-15)21(11-32-16(2)9-17-5-8-19-20(10-17)42-14-41-19)43-31-29(39)27(37)25(35)23(45-31)13-40-30-28(38)26(36)24(34)22(12-33)44-30/h3-8,10,16,21-39H,9,11-14H2,1-2H3/t16?,21-,22+,23+,24+,25+,26-,27-,28+,29+,30+,31+/m0/s1. The summed E-state index contributed by atoms with van der Waals surface area (Å²) in [5.74, 6) is 1.41. The van der Waals surface area contributed by atoms with Gasteiger partial charge in [-0.3, -0.25) is 0 Å². The Balaban J connectivity index is 1.24. The van der Waals surface area contributed by atoms with E-state index in [-0.39, 0.29) is 12.8 Å². The quantitative estimate of drug-likeness (QED) is 0.135. The molecule has 0 spiro atoms. The predicted octanol–water partition coefficient (Wildman–Crippen LogP) is -1.37. The minimum atomic E-state index is -1.66. The van der Waals surface area contributed by atoms with Crippen LogP contribution in [0.5, 0.6) is 11.5 Å². The molecule has 3 heterocycles. The number of hydrogen-bond donors (Lipinski definition) is 8. The van der Waals surface area contributed by atoms with Crippen LogP contribution < -0.4 is 14.8 Å². The molecule has 2 saturated heterocycles. The van der Waals surface area contributed by atoms with Crippen molar-refractivity contribution in [3.05, 3.63) is 59.2 Å². The minimum absolute atomic E-state index is 0.00575. The second-order valence-corrected chi connectivity index (χ2v) is 11.8. The van der Waals surface area contributed by atoms with Crippen LogP contribution in [-0.4, -0.2) is 130 Å². The average Bonchev–Trinajstić information content (AvgIpc) is 3.50. The van der Waals surface area contributed by atoms with Crippen LogP contribution in [0.25, 0.3) is 0 Å². The van der Waals surface area contributed by atoms with Crippen LogP contribution in [0.15, 0.2) is 42.5 Å². The number of benzene rings is 2. The molecule has 0 amide bonds. The summed E-state index contributed by atoms with van der Waals surface area (Å²) < 4.78 is 33.9. The molecule has 2 aromatic rings. The van der Waals surface area contributed by atoms with Crippen molar-refractivity contribution >= 4 is 0 Å². The van der Waals surface area contributed by atoms with Gasteiger partial charge in [0, 0.05) is 12.6 Å². The lowest BCUT2D eigenvalue weighted by atomic mass is 9.98. The number of nitrogens with one attached hydrogen (secondary N) is 1. The molecule has 2 aromatic carbocycles. The molecule has 8 N–H and O–H groups in total. The summed E-state index contributed by atoms with van der Waals surface area (Å²) in [6.07, 6.45) is -15.0. The summed E-state index contributed by atoms with van der Waals surface area (Å²) in [5, 5.41) is 75.3. The normalized spacial score (nSPS) is 34.4. The summed E-state index contributed by atoms with van der Waals surface area (Å²) in [6.45, 7) is 3.40. The number of ether oxygens (including phenoxy) is 6. The predicted molar refractivity (Wildman–Crippen MR) is 155 cm³/mol. The first-order chi connectivity index (χ1) is 21.5. The molecule has 250 valence electrons. The highest BCUT2D eigenvalue weighted by Gasteiger charge is 2.48. The number of aryl methyl sites for hydroxylation is 1. The zero-order valence-corrected chi connectivity index (χ0v) is 25.1. The average molecular weight is 638 g/mol. The third-order valence-electron chi connectivity index (χ3n) is 8.32. The molecule has 3 aliphatic heterocycles. The van der Waals surface area contributed by atoms with Crippen molar-refractivity contribution in [3.63, 3.8) is 0 Å². The number of fused-ring (bicyclic) bond motifs is 1. The van der Waals surface area contributed by atoms with Crippen LogP contribution >= 0.6 is 0 Å². The molecule has 2 fully saturated rings. The van der Waals surface area contributed by atoms with Crippen LogP contribution in [0.2, 0.25) is 0 Å². The molecule has 5 rings (SSSR count). The summed E-state index contributed by atoms with van der Waals surface area (Å²) in [5.41, 5.74) is 2.88. The van der Waals surface area contributed by atoms with Gasteiger partial charge in [0.15, 0.2) is 24.1 Å². The van der Waals surface area contributed by atoms with E-state index in [9.17, 15) is 35.7 Å². The van der Waals surface area contributed by atoms with Crippen LogP contribution in [0.1, 0.15) is 29.7 Å². The summed E-state index contributed by atoms with van der Waals surface area (Å²) >= 11 is 0. The van der Waals surface area contributed by atoms with Gasteiger partial charge in [0.25, 0.3) is 0 Å². The zero-order chi connectivity index (χ0) is 32.2. The van der Waals surface area contributed by atoms with E-state index in [1.165, 1.54) is 0 Å². The first kappa shape index (κ1) is 33.9. The molecule has 1 unspecified atom stereocenters. The first-order valence-corrected chi connectivity index (χ1v) is 15.0. The van der Waals surface area contributed by atoms with Gasteiger partial charge in [0.05, 0.1) is 19.3 Å².